The third kappa shape index (κ3) is 3.63. The quantitative estimate of drug-likeness (QED) is 0.756. The van der Waals surface area contributed by atoms with Crippen LogP contribution >= 0.6 is 0 Å². The molecule has 2 N–H and O–H groups in total. The average Bonchev–Trinajstić information content (AvgIpc) is 2.98. The van der Waals surface area contributed by atoms with Crippen molar-refractivity contribution < 1.29 is 4.79 Å². The molecule has 1 heterocycles. The van der Waals surface area contributed by atoms with Gasteiger partial charge in [0.1, 0.15) is 5.82 Å². The average molecular weight is 322 g/mol. The van der Waals surface area contributed by atoms with E-state index in [1.807, 2.05) is 68.4 Å². The Balaban J connectivity index is 1.92. The lowest BCUT2D eigenvalue weighted by Crippen LogP contribution is -2.21. The number of aryl methyl sites for hydroxylation is 1. The van der Waals surface area contributed by atoms with Gasteiger partial charge in [0.05, 0.1) is 16.7 Å². The molecule has 0 atom stereocenters. The number of benzene rings is 2. The zero-order chi connectivity index (χ0) is 17.1. The number of aromatic amines is 1. The van der Waals surface area contributed by atoms with Crippen molar-refractivity contribution in [3.8, 4) is 11.4 Å². The Bertz CT molecular complexity index is 834. The molecule has 5 heteroatoms. The van der Waals surface area contributed by atoms with Crippen molar-refractivity contribution >= 4 is 22.6 Å². The van der Waals surface area contributed by atoms with E-state index in [0.717, 1.165) is 40.2 Å². The smallest absolute Gasteiger partial charge is 0.225 e. The fraction of sp³-hybridized carbons (Fsp3) is 0.263. The Kier molecular flexibility index (Phi) is 4.62. The van der Waals surface area contributed by atoms with E-state index < -0.39 is 0 Å². The van der Waals surface area contributed by atoms with Crippen LogP contribution in [0.5, 0.6) is 0 Å². The van der Waals surface area contributed by atoms with Gasteiger partial charge in [-0.15, -0.1) is 0 Å². The molecule has 0 radical (unpaired) electrons. The topological polar surface area (TPSA) is 61.0 Å². The minimum Gasteiger partial charge on any atom is -0.338 e. The Morgan fingerprint density at radius 2 is 2.00 bits per heavy atom. The van der Waals surface area contributed by atoms with Crippen molar-refractivity contribution in [2.45, 2.75) is 13.3 Å². The third-order valence-electron chi connectivity index (χ3n) is 3.88. The molecule has 5 nitrogen and oxygen atoms in total. The van der Waals surface area contributed by atoms with Gasteiger partial charge in [0, 0.05) is 18.5 Å². The number of imidazole rings is 1. The first-order chi connectivity index (χ1) is 11.5. The number of aromatic nitrogens is 2. The minimum atomic E-state index is 0.00455. The summed E-state index contributed by atoms with van der Waals surface area (Å²) in [5, 5.41) is 3.01. The Hall–Kier alpha value is -2.66. The molecule has 0 saturated heterocycles. The maximum Gasteiger partial charge on any atom is 0.225 e. The number of carbonyl (C=O) groups is 1. The number of nitrogens with one attached hydrogen (secondary N) is 2. The summed E-state index contributed by atoms with van der Waals surface area (Å²) in [4.78, 5) is 22.2. The molecule has 1 aromatic heterocycles. The fourth-order valence-electron chi connectivity index (χ4n) is 2.58. The monoisotopic (exact) mass is 322 g/mol. The molecule has 24 heavy (non-hydrogen) atoms. The summed E-state index contributed by atoms with van der Waals surface area (Å²) in [5.74, 6) is 0.771. The zero-order valence-corrected chi connectivity index (χ0v) is 14.3. The number of hydrogen-bond donors (Lipinski definition) is 2. The summed E-state index contributed by atoms with van der Waals surface area (Å²) in [5.41, 5.74) is 4.71. The van der Waals surface area contributed by atoms with Gasteiger partial charge in [0.15, 0.2) is 0 Å². The number of fused-ring (bicyclic) bond motifs is 1. The van der Waals surface area contributed by atoms with Crippen LogP contribution in [-0.2, 0) is 4.79 Å². The largest absolute Gasteiger partial charge is 0.338 e. The van der Waals surface area contributed by atoms with Crippen molar-refractivity contribution in [3.63, 3.8) is 0 Å². The van der Waals surface area contributed by atoms with Gasteiger partial charge in [0.25, 0.3) is 0 Å². The molecule has 0 aliphatic rings. The van der Waals surface area contributed by atoms with E-state index in [1.54, 1.807) is 0 Å². The normalized spacial score (nSPS) is 11.2. The summed E-state index contributed by atoms with van der Waals surface area (Å²) >= 11 is 0. The van der Waals surface area contributed by atoms with E-state index in [2.05, 4.69) is 15.3 Å². The molecule has 124 valence electrons. The van der Waals surface area contributed by atoms with Gasteiger partial charge in [-0.2, -0.15) is 0 Å². The number of nitrogens with zero attached hydrogens (tertiary/aromatic N) is 2. The number of amides is 1. The van der Waals surface area contributed by atoms with Crippen LogP contribution < -0.4 is 5.32 Å². The highest BCUT2D eigenvalue weighted by Gasteiger charge is 2.12. The molecule has 0 aliphatic heterocycles. The summed E-state index contributed by atoms with van der Waals surface area (Å²) in [7, 11) is 3.91. The standard InChI is InChI=1S/C19H22N4O/c1-13-8-9-15(20-18(24)10-11-23(2)3)14(12-13)19-21-16-6-4-5-7-17(16)22-19/h4-9,12H,10-11H2,1-3H3,(H,20,24)(H,21,22). The van der Waals surface area contributed by atoms with Gasteiger partial charge >= 0.3 is 0 Å². The van der Waals surface area contributed by atoms with Gasteiger partial charge < -0.3 is 15.2 Å². The molecule has 3 aromatic rings. The molecule has 1 amide bonds. The van der Waals surface area contributed by atoms with Gasteiger partial charge in [0.2, 0.25) is 5.91 Å². The fourth-order valence-corrected chi connectivity index (χ4v) is 2.58. The molecular formula is C19H22N4O. The van der Waals surface area contributed by atoms with E-state index in [1.165, 1.54) is 0 Å². The molecular weight excluding hydrogens is 300 g/mol. The molecule has 0 fully saturated rings. The zero-order valence-electron chi connectivity index (χ0n) is 14.3. The predicted octanol–water partition coefficient (Wildman–Crippen LogP) is 3.43. The Morgan fingerprint density at radius 1 is 1.21 bits per heavy atom. The van der Waals surface area contributed by atoms with Crippen LogP contribution in [0.1, 0.15) is 12.0 Å². The SMILES string of the molecule is Cc1ccc(NC(=O)CCN(C)C)c(-c2nc3ccccc3[nH]2)c1. The third-order valence-corrected chi connectivity index (χ3v) is 3.88. The van der Waals surface area contributed by atoms with Crippen LogP contribution in [0.2, 0.25) is 0 Å². The summed E-state index contributed by atoms with van der Waals surface area (Å²) in [6.07, 6.45) is 0.459. The highest BCUT2D eigenvalue weighted by Crippen LogP contribution is 2.29. The Morgan fingerprint density at radius 3 is 2.75 bits per heavy atom. The second-order valence-corrected chi connectivity index (χ2v) is 6.25. The van der Waals surface area contributed by atoms with Crippen LogP contribution in [0.15, 0.2) is 42.5 Å². The molecule has 0 spiro atoms. The van der Waals surface area contributed by atoms with Crippen molar-refractivity contribution in [2.75, 3.05) is 26.0 Å². The van der Waals surface area contributed by atoms with Crippen molar-refractivity contribution in [2.24, 2.45) is 0 Å². The number of hydrogen-bond acceptors (Lipinski definition) is 3. The molecule has 0 saturated carbocycles. The highest BCUT2D eigenvalue weighted by atomic mass is 16.1. The van der Waals surface area contributed by atoms with Gasteiger partial charge in [-0.05, 0) is 45.3 Å². The first-order valence-corrected chi connectivity index (χ1v) is 8.03. The molecule has 0 unspecified atom stereocenters. The van der Waals surface area contributed by atoms with Crippen LogP contribution in [0, 0.1) is 6.92 Å². The van der Waals surface area contributed by atoms with Crippen molar-refractivity contribution in [1.29, 1.82) is 0 Å². The summed E-state index contributed by atoms with van der Waals surface area (Å²) in [6, 6.07) is 13.9. The van der Waals surface area contributed by atoms with E-state index in [4.69, 9.17) is 0 Å². The molecule has 2 aromatic carbocycles. The second kappa shape index (κ2) is 6.84. The maximum absolute atomic E-state index is 12.2. The van der Waals surface area contributed by atoms with Crippen LogP contribution in [0.3, 0.4) is 0 Å². The van der Waals surface area contributed by atoms with Crippen LogP contribution in [0.25, 0.3) is 22.4 Å². The first-order valence-electron chi connectivity index (χ1n) is 8.03. The number of anilines is 1. The van der Waals surface area contributed by atoms with Gasteiger partial charge in [-0.25, -0.2) is 4.98 Å². The van der Waals surface area contributed by atoms with E-state index >= 15 is 0 Å². The maximum atomic E-state index is 12.2. The van der Waals surface area contributed by atoms with Crippen LogP contribution in [0.4, 0.5) is 5.69 Å². The van der Waals surface area contributed by atoms with Gasteiger partial charge in [-0.3, -0.25) is 4.79 Å². The second-order valence-electron chi connectivity index (χ2n) is 6.25. The molecule has 3 rings (SSSR count). The highest BCUT2D eigenvalue weighted by molar-refractivity contribution is 5.95. The lowest BCUT2D eigenvalue weighted by Gasteiger charge is -2.12. The lowest BCUT2D eigenvalue weighted by atomic mass is 10.1. The minimum absolute atomic E-state index is 0.00455. The number of H-pyrrole nitrogens is 1. The summed E-state index contributed by atoms with van der Waals surface area (Å²) < 4.78 is 0. The van der Waals surface area contributed by atoms with E-state index in [-0.39, 0.29) is 5.91 Å². The Labute approximate surface area is 141 Å². The van der Waals surface area contributed by atoms with E-state index in [9.17, 15) is 4.79 Å². The van der Waals surface area contributed by atoms with Crippen molar-refractivity contribution in [1.82, 2.24) is 14.9 Å². The van der Waals surface area contributed by atoms with Crippen LogP contribution in [-0.4, -0.2) is 41.4 Å². The van der Waals surface area contributed by atoms with Crippen molar-refractivity contribution in [3.05, 3.63) is 48.0 Å². The van der Waals surface area contributed by atoms with Gasteiger partial charge in [-0.1, -0.05) is 23.8 Å². The number of para-hydroxylation sites is 2. The number of carbonyl (C=O) groups excluding carboxylic acids is 1. The first kappa shape index (κ1) is 16.2. The molecule has 0 aliphatic carbocycles. The summed E-state index contributed by atoms with van der Waals surface area (Å²) in [6.45, 7) is 2.75. The van der Waals surface area contributed by atoms with E-state index in [0.29, 0.717) is 6.42 Å². The molecule has 0 bridgehead atoms. The predicted molar refractivity (Wildman–Crippen MR) is 98.1 cm³/mol. The number of rotatable bonds is 5. The lowest BCUT2D eigenvalue weighted by molar-refractivity contribution is -0.116.